The van der Waals surface area contributed by atoms with Crippen molar-refractivity contribution >= 4 is 21.3 Å². The molecule has 0 radical (unpaired) electrons. The van der Waals surface area contributed by atoms with Gasteiger partial charge in [-0.05, 0) is 0 Å². The van der Waals surface area contributed by atoms with Crippen molar-refractivity contribution in [3.63, 3.8) is 0 Å². The first-order valence-electron chi connectivity index (χ1n) is 7.28. The number of nitrogens with two attached hydrogens (primary N) is 4. The molecule has 0 saturated heterocycles. The van der Waals surface area contributed by atoms with Crippen LogP contribution in [0.15, 0.2) is 20.0 Å². The second-order valence-corrected chi connectivity index (χ2v) is 8.40. The Kier molecular flexibility index (Phi) is 9.77. The second-order valence-electron chi connectivity index (χ2n) is 5.85. The molecule has 134 valence electrons. The number of nitrogens with zero attached hydrogens (tertiary/aromatic N) is 4. The van der Waals surface area contributed by atoms with Crippen molar-refractivity contribution in [2.75, 3.05) is 24.7 Å². The van der Waals surface area contributed by atoms with Crippen molar-refractivity contribution in [2.45, 2.75) is 27.7 Å². The Morgan fingerprint density at radius 3 is 2.22 bits per heavy atom. The third-order valence-electron chi connectivity index (χ3n) is 3.12. The summed E-state index contributed by atoms with van der Waals surface area (Å²) in [6.07, 6.45) is 0. The molecule has 0 fully saturated rings. The van der Waals surface area contributed by atoms with E-state index in [-0.39, 0.29) is 11.3 Å². The molecule has 23 heavy (non-hydrogen) atoms. The van der Waals surface area contributed by atoms with Crippen LogP contribution in [0.25, 0.3) is 0 Å². The van der Waals surface area contributed by atoms with E-state index < -0.39 is 21.2 Å². The van der Waals surface area contributed by atoms with Gasteiger partial charge in [-0.3, -0.25) is 0 Å². The quantitative estimate of drug-likeness (QED) is 0.0983. The van der Waals surface area contributed by atoms with E-state index in [1.807, 2.05) is 20.8 Å². The molecule has 0 aromatic heterocycles. The molecule has 0 aromatic carbocycles. The molecule has 0 heterocycles. The first-order chi connectivity index (χ1) is 10.6. The zero-order valence-corrected chi connectivity index (χ0v) is 16.8. The summed E-state index contributed by atoms with van der Waals surface area (Å²) in [6, 6.07) is 0. The van der Waals surface area contributed by atoms with Crippen molar-refractivity contribution in [3.05, 3.63) is 0 Å². The monoisotopic (exact) mass is 437 g/mol. The van der Waals surface area contributed by atoms with Gasteiger partial charge in [0.2, 0.25) is 0 Å². The predicted octanol–water partition coefficient (Wildman–Crippen LogP) is -3.27. The number of halogens is 1. The van der Waals surface area contributed by atoms with Gasteiger partial charge in [0.15, 0.2) is 0 Å². The third-order valence-corrected chi connectivity index (χ3v) is 4.92. The fraction of sp³-hybridized carbons (Fsp3) is 0.714. The van der Waals surface area contributed by atoms with Crippen LogP contribution in [-0.4, -0.2) is 46.0 Å². The molecule has 9 heteroatoms. The van der Waals surface area contributed by atoms with Crippen molar-refractivity contribution < 1.29 is 21.2 Å². The Labute approximate surface area is 149 Å². The molecule has 1 atom stereocenters. The van der Waals surface area contributed by atoms with Gasteiger partial charge < -0.3 is 0 Å². The van der Waals surface area contributed by atoms with Crippen LogP contribution in [0.5, 0.6) is 0 Å². The Hall–Kier alpha value is -1.39. The molecule has 8 nitrogen and oxygen atoms in total. The molecule has 0 aliphatic heterocycles. The summed E-state index contributed by atoms with van der Waals surface area (Å²) in [7, 11) is 1.67. The SMILES string of the molecule is CN=C(N)C(C)(C)CN=C(N)[I-]CN=C(N)C(C)CN=C(C)N. The molecular weight excluding hydrogens is 407 g/mol. The van der Waals surface area contributed by atoms with E-state index in [9.17, 15) is 0 Å². The van der Waals surface area contributed by atoms with Crippen LogP contribution in [0.1, 0.15) is 27.7 Å². The van der Waals surface area contributed by atoms with Crippen molar-refractivity contribution in [1.29, 1.82) is 0 Å². The van der Waals surface area contributed by atoms with Gasteiger partial charge >= 0.3 is 149 Å². The van der Waals surface area contributed by atoms with E-state index in [2.05, 4.69) is 20.0 Å². The zero-order chi connectivity index (χ0) is 18.0. The van der Waals surface area contributed by atoms with Gasteiger partial charge in [-0.15, -0.1) is 0 Å². The molecule has 8 N–H and O–H groups in total. The van der Waals surface area contributed by atoms with E-state index >= 15 is 0 Å². The number of amidine groups is 4. The minimum absolute atomic E-state index is 0.0650. The van der Waals surface area contributed by atoms with Crippen LogP contribution in [0.4, 0.5) is 0 Å². The summed E-state index contributed by atoms with van der Waals surface area (Å²) >= 11 is -0.480. The van der Waals surface area contributed by atoms with Crippen molar-refractivity contribution in [1.82, 2.24) is 0 Å². The van der Waals surface area contributed by atoms with Gasteiger partial charge in [0.05, 0.1) is 0 Å². The fourth-order valence-corrected chi connectivity index (χ4v) is 2.72. The number of hydrogen-bond acceptors (Lipinski definition) is 4. The average Bonchev–Trinajstić information content (AvgIpc) is 2.49. The zero-order valence-electron chi connectivity index (χ0n) is 14.7. The normalized spacial score (nSPS) is 16.7. The Balaban J connectivity index is 4.43. The molecule has 0 aliphatic carbocycles. The first-order valence-corrected chi connectivity index (χ1v) is 9.88. The molecule has 0 amide bonds. The summed E-state index contributed by atoms with van der Waals surface area (Å²) in [4.78, 5) is 16.9. The molecule has 1 unspecified atom stereocenters. The number of aliphatic imine (C=N–C) groups is 4. The van der Waals surface area contributed by atoms with Crippen LogP contribution >= 0.6 is 0 Å². The molecule has 0 aromatic rings. The van der Waals surface area contributed by atoms with Gasteiger partial charge in [-0.1, -0.05) is 0 Å². The fourth-order valence-electron chi connectivity index (χ4n) is 1.39. The first kappa shape index (κ1) is 21.6. The Morgan fingerprint density at radius 2 is 1.70 bits per heavy atom. The van der Waals surface area contributed by atoms with E-state index in [1.54, 1.807) is 14.0 Å². The number of hydrogen-bond donors (Lipinski definition) is 4. The second kappa shape index (κ2) is 10.4. The maximum atomic E-state index is 5.95. The van der Waals surface area contributed by atoms with Crippen molar-refractivity contribution in [3.8, 4) is 0 Å². The van der Waals surface area contributed by atoms with Crippen LogP contribution in [0.3, 0.4) is 0 Å². The molecular formula is C14H30IN8-. The summed E-state index contributed by atoms with van der Waals surface area (Å²) < 4.78 is 1.24. The third kappa shape index (κ3) is 9.36. The van der Waals surface area contributed by atoms with E-state index in [1.165, 1.54) is 0 Å². The molecule has 0 rings (SSSR count). The van der Waals surface area contributed by atoms with E-state index in [4.69, 9.17) is 22.9 Å². The van der Waals surface area contributed by atoms with Crippen LogP contribution in [0.2, 0.25) is 0 Å². The van der Waals surface area contributed by atoms with Gasteiger partial charge in [-0.2, -0.15) is 0 Å². The molecule has 0 bridgehead atoms. The molecule has 0 saturated carbocycles. The summed E-state index contributed by atoms with van der Waals surface area (Å²) in [5.41, 5.74) is 23.0. The Bertz CT molecular complexity index is 489. The molecule has 0 aliphatic rings. The maximum absolute atomic E-state index is 5.95. The van der Waals surface area contributed by atoms with Crippen molar-refractivity contribution in [2.24, 2.45) is 54.2 Å². The number of rotatable bonds is 9. The molecule has 0 spiro atoms. The van der Waals surface area contributed by atoms with Crippen LogP contribution < -0.4 is 44.1 Å². The minimum atomic E-state index is -0.480. The van der Waals surface area contributed by atoms with Gasteiger partial charge in [0, 0.05) is 0 Å². The number of alkyl halides is 1. The van der Waals surface area contributed by atoms with Gasteiger partial charge in [0.1, 0.15) is 0 Å². The average molecular weight is 437 g/mol. The summed E-state index contributed by atoms with van der Waals surface area (Å²) in [5.74, 6) is 1.76. The van der Waals surface area contributed by atoms with E-state index in [0.29, 0.717) is 39.0 Å². The van der Waals surface area contributed by atoms with Crippen LogP contribution in [0, 0.1) is 11.3 Å². The van der Waals surface area contributed by atoms with E-state index in [0.717, 1.165) is 0 Å². The topological polar surface area (TPSA) is 154 Å². The summed E-state index contributed by atoms with van der Waals surface area (Å²) in [5, 5.41) is 0. The van der Waals surface area contributed by atoms with Gasteiger partial charge in [-0.25, -0.2) is 0 Å². The van der Waals surface area contributed by atoms with Crippen LogP contribution in [-0.2, 0) is 0 Å². The summed E-state index contributed by atoms with van der Waals surface area (Å²) in [6.45, 7) is 8.76. The van der Waals surface area contributed by atoms with Gasteiger partial charge in [0.25, 0.3) is 0 Å². The standard InChI is InChI=1S/C14H30IN8/c1-9(6-21-10(2)16)11(17)23-8-15-13(19)22-7-14(3,4)12(18)20-5/h9H,6-8H2,1-5H3,(H2,16,21)(H2,17,23)(H2,18,20)(H2,19,22)/q-1. The Morgan fingerprint density at radius 1 is 1.09 bits per heavy atom. The predicted molar refractivity (Wildman–Crippen MR) is 95.6 cm³/mol.